The third-order valence-corrected chi connectivity index (χ3v) is 5.60. The number of nitrogens with one attached hydrogen (secondary N) is 1. The summed E-state index contributed by atoms with van der Waals surface area (Å²) in [6.45, 7) is 4.14. The summed E-state index contributed by atoms with van der Waals surface area (Å²) in [6.07, 6.45) is 4.26. The van der Waals surface area contributed by atoms with Gasteiger partial charge in [0.05, 0.1) is 17.1 Å². The quantitative estimate of drug-likeness (QED) is 0.548. The second kappa shape index (κ2) is 7.26. The summed E-state index contributed by atoms with van der Waals surface area (Å²) in [7, 11) is 0. The van der Waals surface area contributed by atoms with Crippen LogP contribution in [0.4, 0.5) is 5.82 Å². The zero-order chi connectivity index (χ0) is 20.7. The number of amides is 1. The SMILES string of the molecule is Cc1cc(-n2cncn2)ccc1C(=O)Nc1cc([C@H]2C[C@@H]2C)nn1-c1ccccc1. The Kier molecular flexibility index (Phi) is 4.43. The van der Waals surface area contributed by atoms with Crippen LogP contribution in [0.15, 0.2) is 67.3 Å². The molecule has 30 heavy (non-hydrogen) atoms. The van der Waals surface area contributed by atoms with E-state index in [0.717, 1.165) is 29.1 Å². The van der Waals surface area contributed by atoms with Gasteiger partial charge in [0.25, 0.3) is 5.91 Å². The van der Waals surface area contributed by atoms with Gasteiger partial charge in [-0.3, -0.25) is 4.79 Å². The second-order valence-electron chi connectivity index (χ2n) is 7.81. The van der Waals surface area contributed by atoms with Crippen molar-refractivity contribution in [3.05, 3.63) is 84.1 Å². The third kappa shape index (κ3) is 3.39. The fourth-order valence-corrected chi connectivity index (χ4v) is 3.74. The molecule has 1 N–H and O–H groups in total. The molecule has 1 aliphatic carbocycles. The zero-order valence-corrected chi connectivity index (χ0v) is 16.9. The van der Waals surface area contributed by atoms with Crippen LogP contribution in [0.2, 0.25) is 0 Å². The summed E-state index contributed by atoms with van der Waals surface area (Å²) >= 11 is 0. The maximum absolute atomic E-state index is 13.1. The maximum atomic E-state index is 13.1. The highest BCUT2D eigenvalue weighted by atomic mass is 16.1. The minimum atomic E-state index is -0.162. The van der Waals surface area contributed by atoms with Gasteiger partial charge in [-0.1, -0.05) is 25.1 Å². The van der Waals surface area contributed by atoms with Gasteiger partial charge in [0, 0.05) is 17.5 Å². The van der Waals surface area contributed by atoms with Crippen LogP contribution in [0, 0.1) is 12.8 Å². The number of rotatable bonds is 5. The van der Waals surface area contributed by atoms with Gasteiger partial charge in [-0.25, -0.2) is 14.3 Å². The molecule has 0 unspecified atom stereocenters. The molecule has 0 bridgehead atoms. The molecule has 1 fully saturated rings. The Morgan fingerprint density at radius 1 is 1.10 bits per heavy atom. The first kappa shape index (κ1) is 18.3. The van der Waals surface area contributed by atoms with Crippen LogP contribution >= 0.6 is 0 Å². The van der Waals surface area contributed by atoms with Crippen molar-refractivity contribution in [1.82, 2.24) is 24.5 Å². The average molecular weight is 398 g/mol. The summed E-state index contributed by atoms with van der Waals surface area (Å²) in [6, 6.07) is 17.5. The predicted octanol–water partition coefficient (Wildman–Crippen LogP) is 4.14. The number of para-hydroxylation sites is 1. The Hall–Kier alpha value is -3.74. The van der Waals surface area contributed by atoms with Gasteiger partial charge in [-0.05, 0) is 55.2 Å². The molecule has 0 aliphatic heterocycles. The minimum absolute atomic E-state index is 0.162. The lowest BCUT2D eigenvalue weighted by atomic mass is 10.1. The van der Waals surface area contributed by atoms with E-state index in [1.54, 1.807) is 11.0 Å². The largest absolute Gasteiger partial charge is 0.306 e. The normalized spacial score (nSPS) is 17.7. The fourth-order valence-electron chi connectivity index (χ4n) is 3.74. The van der Waals surface area contributed by atoms with E-state index < -0.39 is 0 Å². The Bertz CT molecular complexity index is 1200. The highest BCUT2D eigenvalue weighted by Crippen LogP contribution is 2.47. The van der Waals surface area contributed by atoms with Crippen LogP contribution < -0.4 is 5.32 Å². The fraction of sp³-hybridized carbons (Fsp3) is 0.217. The van der Waals surface area contributed by atoms with E-state index in [-0.39, 0.29) is 5.91 Å². The number of carbonyl (C=O) groups is 1. The summed E-state index contributed by atoms with van der Waals surface area (Å²) < 4.78 is 3.49. The van der Waals surface area contributed by atoms with Gasteiger partial charge in [0.1, 0.15) is 18.5 Å². The van der Waals surface area contributed by atoms with E-state index in [2.05, 4.69) is 22.3 Å². The molecule has 2 atom stereocenters. The topological polar surface area (TPSA) is 77.6 Å². The monoisotopic (exact) mass is 398 g/mol. The number of anilines is 1. The molecule has 0 spiro atoms. The molecule has 150 valence electrons. The summed E-state index contributed by atoms with van der Waals surface area (Å²) in [5.41, 5.74) is 4.29. The molecule has 5 rings (SSSR count). The Labute approximate surface area is 174 Å². The highest BCUT2D eigenvalue weighted by molar-refractivity contribution is 6.05. The van der Waals surface area contributed by atoms with E-state index in [9.17, 15) is 4.79 Å². The predicted molar refractivity (Wildman–Crippen MR) is 114 cm³/mol. The number of aryl methyl sites for hydroxylation is 1. The first-order valence-corrected chi connectivity index (χ1v) is 10.0. The molecule has 1 amide bonds. The Morgan fingerprint density at radius 3 is 2.57 bits per heavy atom. The first-order valence-electron chi connectivity index (χ1n) is 10.0. The van der Waals surface area contributed by atoms with Crippen molar-refractivity contribution in [2.75, 3.05) is 5.32 Å². The lowest BCUT2D eigenvalue weighted by Gasteiger charge is -2.11. The van der Waals surface area contributed by atoms with Gasteiger partial charge in [0.15, 0.2) is 0 Å². The number of nitrogens with zero attached hydrogens (tertiary/aromatic N) is 5. The number of carbonyl (C=O) groups excluding carboxylic acids is 1. The number of aromatic nitrogens is 5. The van der Waals surface area contributed by atoms with E-state index in [1.165, 1.54) is 6.33 Å². The van der Waals surface area contributed by atoms with E-state index >= 15 is 0 Å². The van der Waals surface area contributed by atoms with Crippen LogP contribution in [0.25, 0.3) is 11.4 Å². The third-order valence-electron chi connectivity index (χ3n) is 5.60. The van der Waals surface area contributed by atoms with Crippen LogP contribution in [0.5, 0.6) is 0 Å². The van der Waals surface area contributed by atoms with Gasteiger partial charge in [-0.15, -0.1) is 0 Å². The molecule has 1 aliphatic rings. The van der Waals surface area contributed by atoms with Crippen molar-refractivity contribution in [1.29, 1.82) is 0 Å². The molecule has 4 aromatic rings. The lowest BCUT2D eigenvalue weighted by Crippen LogP contribution is -2.16. The standard InChI is InChI=1S/C23H22N6O/c1-15-10-18(28-14-24-13-25-28)8-9-19(15)23(30)26-22-12-21(20-11-16(20)2)27-29(22)17-6-4-3-5-7-17/h3-10,12-14,16,20H,11H2,1-2H3,(H,26,30)/t16-,20-/m0/s1. The van der Waals surface area contributed by atoms with Crippen molar-refractivity contribution >= 4 is 11.7 Å². The molecule has 0 radical (unpaired) electrons. The van der Waals surface area contributed by atoms with Gasteiger partial charge < -0.3 is 5.32 Å². The summed E-state index contributed by atoms with van der Waals surface area (Å²) in [5, 5.41) is 12.0. The van der Waals surface area contributed by atoms with Crippen LogP contribution in [-0.4, -0.2) is 30.5 Å². The van der Waals surface area contributed by atoms with Crippen LogP contribution in [0.3, 0.4) is 0 Å². The minimum Gasteiger partial charge on any atom is -0.306 e. The molecular formula is C23H22N6O. The number of hydrogen-bond acceptors (Lipinski definition) is 4. The van der Waals surface area contributed by atoms with E-state index in [4.69, 9.17) is 5.10 Å². The smallest absolute Gasteiger partial charge is 0.257 e. The molecular weight excluding hydrogens is 376 g/mol. The van der Waals surface area contributed by atoms with Crippen molar-refractivity contribution < 1.29 is 4.79 Å². The summed E-state index contributed by atoms with van der Waals surface area (Å²) in [4.78, 5) is 17.1. The van der Waals surface area contributed by atoms with Crippen molar-refractivity contribution in [3.63, 3.8) is 0 Å². The van der Waals surface area contributed by atoms with Gasteiger partial charge >= 0.3 is 0 Å². The summed E-state index contributed by atoms with van der Waals surface area (Å²) in [5.74, 6) is 1.62. The van der Waals surface area contributed by atoms with E-state index in [1.807, 2.05) is 66.2 Å². The van der Waals surface area contributed by atoms with Gasteiger partial charge in [-0.2, -0.15) is 10.2 Å². The van der Waals surface area contributed by atoms with Crippen molar-refractivity contribution in [3.8, 4) is 11.4 Å². The number of hydrogen-bond donors (Lipinski definition) is 1. The average Bonchev–Trinajstić information content (AvgIpc) is 3.13. The highest BCUT2D eigenvalue weighted by Gasteiger charge is 2.36. The van der Waals surface area contributed by atoms with Crippen molar-refractivity contribution in [2.45, 2.75) is 26.2 Å². The zero-order valence-electron chi connectivity index (χ0n) is 16.9. The Morgan fingerprint density at radius 2 is 1.90 bits per heavy atom. The maximum Gasteiger partial charge on any atom is 0.257 e. The molecule has 1 saturated carbocycles. The molecule has 2 aromatic carbocycles. The molecule has 7 nitrogen and oxygen atoms in total. The van der Waals surface area contributed by atoms with Crippen LogP contribution in [-0.2, 0) is 0 Å². The van der Waals surface area contributed by atoms with Crippen molar-refractivity contribution in [2.24, 2.45) is 5.92 Å². The molecule has 2 heterocycles. The second-order valence-corrected chi connectivity index (χ2v) is 7.81. The van der Waals surface area contributed by atoms with Gasteiger partial charge in [0.2, 0.25) is 0 Å². The molecule has 2 aromatic heterocycles. The lowest BCUT2D eigenvalue weighted by molar-refractivity contribution is 0.102. The van der Waals surface area contributed by atoms with E-state index in [0.29, 0.717) is 23.2 Å². The molecule has 0 saturated heterocycles. The Balaban J connectivity index is 1.45. The first-order chi connectivity index (χ1) is 14.6. The number of benzene rings is 2. The molecule has 7 heteroatoms. The van der Waals surface area contributed by atoms with Crippen LogP contribution in [0.1, 0.15) is 40.9 Å².